The number of amides is 1. The van der Waals surface area contributed by atoms with Crippen LogP contribution >= 0.6 is 0 Å². The second-order valence-electron chi connectivity index (χ2n) is 5.41. The lowest BCUT2D eigenvalue weighted by Gasteiger charge is -2.28. The second kappa shape index (κ2) is 6.13. The van der Waals surface area contributed by atoms with Gasteiger partial charge in [0.1, 0.15) is 6.54 Å². The van der Waals surface area contributed by atoms with E-state index in [0.29, 0.717) is 11.1 Å². The lowest BCUT2D eigenvalue weighted by Crippen LogP contribution is -2.43. The highest BCUT2D eigenvalue weighted by atomic mass is 16.4. The molecule has 0 aliphatic rings. The predicted molar refractivity (Wildman–Crippen MR) is 79.0 cm³/mol. The maximum atomic E-state index is 12.4. The van der Waals surface area contributed by atoms with Crippen LogP contribution in [0.4, 0.5) is 0 Å². The van der Waals surface area contributed by atoms with Gasteiger partial charge in [0, 0.05) is 12.6 Å². The van der Waals surface area contributed by atoms with Gasteiger partial charge in [-0.2, -0.15) is 0 Å². The quantitative estimate of drug-likeness (QED) is 0.899. The van der Waals surface area contributed by atoms with Crippen LogP contribution in [-0.2, 0) is 11.3 Å². The zero-order chi connectivity index (χ0) is 15.6. The Morgan fingerprint density at radius 1 is 1.33 bits per heavy atom. The summed E-state index contributed by atoms with van der Waals surface area (Å²) in [6, 6.07) is 6.93. The fraction of sp³-hybridized carbons (Fsp3) is 0.467. The van der Waals surface area contributed by atoms with Gasteiger partial charge < -0.3 is 14.4 Å². The van der Waals surface area contributed by atoms with Gasteiger partial charge in [-0.25, -0.2) is 4.79 Å². The Labute approximate surface area is 122 Å². The van der Waals surface area contributed by atoms with Gasteiger partial charge in [-0.05, 0) is 32.9 Å². The standard InChI is InChI=1S/C15H20N2O4/c1-10(2)16(8-11(3)18)14(19)9-17-12-6-4-5-7-13(12)21-15(17)20/h4-7,10-11,18H,8-9H2,1-3H3. The Kier molecular flexibility index (Phi) is 4.47. The Morgan fingerprint density at radius 3 is 2.62 bits per heavy atom. The molecule has 1 N–H and O–H groups in total. The first-order valence-electron chi connectivity index (χ1n) is 6.96. The van der Waals surface area contributed by atoms with E-state index < -0.39 is 11.9 Å². The molecular weight excluding hydrogens is 272 g/mol. The number of aliphatic hydroxyl groups excluding tert-OH is 1. The van der Waals surface area contributed by atoms with Crippen LogP contribution in [0.15, 0.2) is 33.5 Å². The molecule has 1 unspecified atom stereocenters. The fourth-order valence-corrected chi connectivity index (χ4v) is 2.28. The summed E-state index contributed by atoms with van der Waals surface area (Å²) in [6.45, 7) is 5.51. The van der Waals surface area contributed by atoms with Gasteiger partial charge >= 0.3 is 5.76 Å². The van der Waals surface area contributed by atoms with Crippen LogP contribution in [0.25, 0.3) is 11.1 Å². The topological polar surface area (TPSA) is 75.7 Å². The van der Waals surface area contributed by atoms with Crippen LogP contribution in [0, 0.1) is 0 Å². The molecule has 0 spiro atoms. The van der Waals surface area contributed by atoms with Crippen LogP contribution in [-0.4, -0.2) is 39.2 Å². The van der Waals surface area contributed by atoms with Crippen molar-refractivity contribution in [3.63, 3.8) is 0 Å². The molecule has 0 saturated carbocycles. The lowest BCUT2D eigenvalue weighted by atomic mass is 10.2. The predicted octanol–water partition coefficient (Wildman–Crippen LogP) is 1.21. The number of nitrogens with zero attached hydrogens (tertiary/aromatic N) is 2. The van der Waals surface area contributed by atoms with Crippen molar-refractivity contribution >= 4 is 17.0 Å². The third-order valence-corrected chi connectivity index (χ3v) is 3.27. The molecule has 2 rings (SSSR count). The average Bonchev–Trinajstić information content (AvgIpc) is 2.72. The molecule has 1 heterocycles. The molecule has 0 bridgehead atoms. The van der Waals surface area contributed by atoms with Crippen LogP contribution in [0.5, 0.6) is 0 Å². The number of rotatable bonds is 5. The fourth-order valence-electron chi connectivity index (χ4n) is 2.28. The first-order chi connectivity index (χ1) is 9.90. The van der Waals surface area contributed by atoms with E-state index in [1.54, 1.807) is 36.1 Å². The van der Waals surface area contributed by atoms with E-state index in [0.717, 1.165) is 0 Å². The SMILES string of the molecule is CC(O)CN(C(=O)Cn1c(=O)oc2ccccc21)C(C)C. The van der Waals surface area contributed by atoms with Gasteiger partial charge in [0.2, 0.25) is 5.91 Å². The summed E-state index contributed by atoms with van der Waals surface area (Å²) < 4.78 is 6.42. The third kappa shape index (κ3) is 3.33. The molecule has 1 aromatic carbocycles. The first-order valence-corrected chi connectivity index (χ1v) is 6.96. The molecule has 2 aromatic rings. The summed E-state index contributed by atoms with van der Waals surface area (Å²) in [7, 11) is 0. The number of carbonyl (C=O) groups is 1. The molecule has 21 heavy (non-hydrogen) atoms. The molecule has 1 atom stereocenters. The zero-order valence-corrected chi connectivity index (χ0v) is 12.4. The average molecular weight is 292 g/mol. The molecule has 0 radical (unpaired) electrons. The number of aliphatic hydroxyl groups is 1. The van der Waals surface area contributed by atoms with Crippen molar-refractivity contribution in [2.75, 3.05) is 6.54 Å². The van der Waals surface area contributed by atoms with E-state index in [1.165, 1.54) is 4.57 Å². The van der Waals surface area contributed by atoms with Gasteiger partial charge in [0.15, 0.2) is 5.58 Å². The van der Waals surface area contributed by atoms with E-state index in [-0.39, 0.29) is 25.0 Å². The Morgan fingerprint density at radius 2 is 2.00 bits per heavy atom. The summed E-state index contributed by atoms with van der Waals surface area (Å²) >= 11 is 0. The Balaban J connectivity index is 2.28. The third-order valence-electron chi connectivity index (χ3n) is 3.27. The van der Waals surface area contributed by atoms with E-state index in [9.17, 15) is 14.7 Å². The summed E-state index contributed by atoms with van der Waals surface area (Å²) in [6.07, 6.45) is -0.617. The number of hydrogen-bond acceptors (Lipinski definition) is 4. The van der Waals surface area contributed by atoms with Crippen LogP contribution in [0.3, 0.4) is 0 Å². The van der Waals surface area contributed by atoms with Gasteiger partial charge in [-0.15, -0.1) is 0 Å². The van der Waals surface area contributed by atoms with Crippen LogP contribution in [0.1, 0.15) is 20.8 Å². The normalized spacial score (nSPS) is 12.8. The maximum absolute atomic E-state index is 12.4. The van der Waals surface area contributed by atoms with Crippen molar-refractivity contribution in [1.29, 1.82) is 0 Å². The Hall–Kier alpha value is -2.08. The molecule has 1 amide bonds. The first kappa shape index (κ1) is 15.3. The summed E-state index contributed by atoms with van der Waals surface area (Å²) in [4.78, 5) is 25.8. The smallest absolute Gasteiger partial charge is 0.408 e. The maximum Gasteiger partial charge on any atom is 0.420 e. The summed E-state index contributed by atoms with van der Waals surface area (Å²) in [5, 5.41) is 9.49. The van der Waals surface area contributed by atoms with Gasteiger partial charge in [0.25, 0.3) is 0 Å². The van der Waals surface area contributed by atoms with Gasteiger partial charge in [0.05, 0.1) is 11.6 Å². The van der Waals surface area contributed by atoms with E-state index in [4.69, 9.17) is 4.42 Å². The lowest BCUT2D eigenvalue weighted by molar-refractivity contribution is -0.135. The molecule has 6 nitrogen and oxygen atoms in total. The minimum Gasteiger partial charge on any atom is -0.408 e. The van der Waals surface area contributed by atoms with E-state index in [1.807, 2.05) is 13.8 Å². The number of oxazole rings is 1. The molecule has 0 saturated heterocycles. The molecule has 1 aromatic heterocycles. The molecule has 0 aliphatic heterocycles. The molecule has 114 valence electrons. The number of hydrogen-bond donors (Lipinski definition) is 1. The van der Waals surface area contributed by atoms with Crippen molar-refractivity contribution in [3.8, 4) is 0 Å². The number of para-hydroxylation sites is 2. The highest BCUT2D eigenvalue weighted by Gasteiger charge is 2.21. The van der Waals surface area contributed by atoms with E-state index >= 15 is 0 Å². The minimum atomic E-state index is -0.617. The highest BCUT2D eigenvalue weighted by molar-refractivity contribution is 5.79. The van der Waals surface area contributed by atoms with Gasteiger partial charge in [-0.1, -0.05) is 12.1 Å². The number of aromatic nitrogens is 1. The van der Waals surface area contributed by atoms with E-state index in [2.05, 4.69) is 0 Å². The number of fused-ring (bicyclic) bond motifs is 1. The molecule has 0 aliphatic carbocycles. The van der Waals surface area contributed by atoms with Gasteiger partial charge in [-0.3, -0.25) is 9.36 Å². The van der Waals surface area contributed by atoms with Crippen LogP contribution < -0.4 is 5.76 Å². The van der Waals surface area contributed by atoms with Crippen molar-refractivity contribution in [1.82, 2.24) is 9.47 Å². The largest absolute Gasteiger partial charge is 0.420 e. The van der Waals surface area contributed by atoms with Crippen molar-refractivity contribution in [2.45, 2.75) is 39.5 Å². The Bertz CT molecular complexity index is 684. The molecular formula is C15H20N2O4. The minimum absolute atomic E-state index is 0.0547. The second-order valence-corrected chi connectivity index (χ2v) is 5.41. The molecule has 6 heteroatoms. The number of benzene rings is 1. The zero-order valence-electron chi connectivity index (χ0n) is 12.4. The summed E-state index contributed by atoms with van der Waals surface area (Å²) in [5.74, 6) is -0.773. The van der Waals surface area contributed by atoms with Crippen molar-refractivity contribution in [2.24, 2.45) is 0 Å². The van der Waals surface area contributed by atoms with Crippen molar-refractivity contribution < 1.29 is 14.3 Å². The monoisotopic (exact) mass is 292 g/mol. The number of carbonyl (C=O) groups excluding carboxylic acids is 1. The summed E-state index contributed by atoms with van der Waals surface area (Å²) in [5.41, 5.74) is 1.05. The molecule has 0 fully saturated rings. The van der Waals surface area contributed by atoms with Crippen LogP contribution in [0.2, 0.25) is 0 Å². The van der Waals surface area contributed by atoms with Crippen molar-refractivity contribution in [3.05, 3.63) is 34.8 Å². The highest BCUT2D eigenvalue weighted by Crippen LogP contribution is 2.12.